The second kappa shape index (κ2) is 14.5. The van der Waals surface area contributed by atoms with E-state index in [0.29, 0.717) is 6.42 Å². The molecule has 0 atom stereocenters. The molecule has 1 rings (SSSR count). The molecule has 1 aromatic rings. The van der Waals surface area contributed by atoms with Gasteiger partial charge in [0.1, 0.15) is 0 Å². The molecule has 0 saturated carbocycles. The van der Waals surface area contributed by atoms with Crippen LogP contribution >= 0.6 is 0 Å². The molecule has 0 unspecified atom stereocenters. The highest BCUT2D eigenvalue weighted by Gasteiger charge is 2.20. The first-order valence-corrected chi connectivity index (χ1v) is 10.6. The SMILES string of the molecule is CCCCCCCCCCCCCCOC(=O)c1cc([N+](=O)[O-])cc([N+](=O)[O-])c1. The molecule has 0 radical (unpaired) electrons. The van der Waals surface area contributed by atoms with Crippen LogP contribution in [0.15, 0.2) is 18.2 Å². The molecule has 162 valence electrons. The lowest BCUT2D eigenvalue weighted by Crippen LogP contribution is -2.08. The maximum atomic E-state index is 12.0. The Morgan fingerprint density at radius 1 is 0.759 bits per heavy atom. The zero-order valence-corrected chi connectivity index (χ0v) is 17.3. The number of nitro benzene ring substituents is 2. The highest BCUT2D eigenvalue weighted by molar-refractivity contribution is 5.91. The molecule has 8 nitrogen and oxygen atoms in total. The van der Waals surface area contributed by atoms with Crippen LogP contribution in [-0.2, 0) is 4.74 Å². The van der Waals surface area contributed by atoms with Crippen molar-refractivity contribution in [1.29, 1.82) is 0 Å². The molecule has 29 heavy (non-hydrogen) atoms. The van der Waals surface area contributed by atoms with Crippen LogP contribution < -0.4 is 0 Å². The Morgan fingerprint density at radius 2 is 1.17 bits per heavy atom. The molecule has 0 N–H and O–H groups in total. The fraction of sp³-hybridized carbons (Fsp3) is 0.667. The second-order valence-corrected chi connectivity index (χ2v) is 7.28. The highest BCUT2D eigenvalue weighted by atomic mass is 16.6. The van der Waals surface area contributed by atoms with Crippen molar-refractivity contribution in [1.82, 2.24) is 0 Å². The van der Waals surface area contributed by atoms with Gasteiger partial charge in [-0.3, -0.25) is 20.2 Å². The van der Waals surface area contributed by atoms with Crippen molar-refractivity contribution in [2.45, 2.75) is 84.0 Å². The van der Waals surface area contributed by atoms with E-state index in [-0.39, 0.29) is 12.2 Å². The van der Waals surface area contributed by atoms with Crippen molar-refractivity contribution in [3.8, 4) is 0 Å². The van der Waals surface area contributed by atoms with Crippen molar-refractivity contribution in [3.05, 3.63) is 44.0 Å². The van der Waals surface area contributed by atoms with Crippen molar-refractivity contribution in [2.75, 3.05) is 6.61 Å². The molecular formula is C21H32N2O6. The van der Waals surface area contributed by atoms with Gasteiger partial charge in [0, 0.05) is 12.1 Å². The zero-order chi connectivity index (χ0) is 21.5. The molecule has 0 amide bonds. The van der Waals surface area contributed by atoms with Crippen molar-refractivity contribution in [3.63, 3.8) is 0 Å². The van der Waals surface area contributed by atoms with Crippen LogP contribution in [0.5, 0.6) is 0 Å². The number of esters is 1. The molecule has 0 spiro atoms. The zero-order valence-electron chi connectivity index (χ0n) is 17.3. The first kappa shape index (κ1) is 24.5. The largest absolute Gasteiger partial charge is 0.462 e. The predicted molar refractivity (Wildman–Crippen MR) is 111 cm³/mol. The number of hydrogen-bond acceptors (Lipinski definition) is 6. The molecule has 1 aromatic carbocycles. The lowest BCUT2D eigenvalue weighted by atomic mass is 10.1. The van der Waals surface area contributed by atoms with Gasteiger partial charge in [0.25, 0.3) is 11.4 Å². The van der Waals surface area contributed by atoms with E-state index in [4.69, 9.17) is 4.74 Å². The Balaban J connectivity index is 2.18. The smallest absolute Gasteiger partial charge is 0.338 e. The third-order valence-electron chi connectivity index (χ3n) is 4.79. The van der Waals surface area contributed by atoms with Gasteiger partial charge in [0.2, 0.25) is 0 Å². The number of hydrogen-bond donors (Lipinski definition) is 0. The minimum Gasteiger partial charge on any atom is -0.462 e. The Kier molecular flexibility index (Phi) is 12.2. The minimum atomic E-state index is -0.778. The summed E-state index contributed by atoms with van der Waals surface area (Å²) in [4.78, 5) is 32.2. The summed E-state index contributed by atoms with van der Waals surface area (Å²) in [6.07, 6.45) is 14.3. The maximum absolute atomic E-state index is 12.0. The number of nitro groups is 2. The number of unbranched alkanes of at least 4 members (excludes halogenated alkanes) is 11. The number of carbonyl (C=O) groups excluding carboxylic acids is 1. The van der Waals surface area contributed by atoms with Crippen LogP contribution in [0.4, 0.5) is 11.4 Å². The number of non-ortho nitro benzene ring substituents is 2. The molecule has 0 aliphatic carbocycles. The Labute approximate surface area is 171 Å². The molecule has 0 aliphatic heterocycles. The summed E-state index contributed by atoms with van der Waals surface area (Å²) in [7, 11) is 0. The van der Waals surface area contributed by atoms with Crippen LogP contribution in [0.25, 0.3) is 0 Å². The van der Waals surface area contributed by atoms with Crippen molar-refractivity contribution in [2.24, 2.45) is 0 Å². The van der Waals surface area contributed by atoms with E-state index in [2.05, 4.69) is 6.92 Å². The number of ether oxygens (including phenoxy) is 1. The third kappa shape index (κ3) is 10.6. The molecule has 0 saturated heterocycles. The summed E-state index contributed by atoms with van der Waals surface area (Å²) >= 11 is 0. The number of carbonyl (C=O) groups is 1. The van der Waals surface area contributed by atoms with Crippen LogP contribution in [-0.4, -0.2) is 22.4 Å². The summed E-state index contributed by atoms with van der Waals surface area (Å²) < 4.78 is 5.11. The average Bonchev–Trinajstić information content (AvgIpc) is 2.70. The number of nitrogens with zero attached hydrogens (tertiary/aromatic N) is 2. The van der Waals surface area contributed by atoms with Crippen LogP contribution in [0.2, 0.25) is 0 Å². The molecule has 0 bridgehead atoms. The lowest BCUT2D eigenvalue weighted by molar-refractivity contribution is -0.394. The minimum absolute atomic E-state index is 0.176. The van der Waals surface area contributed by atoms with Gasteiger partial charge in [-0.1, -0.05) is 77.6 Å². The van der Waals surface area contributed by atoms with E-state index in [1.165, 1.54) is 57.8 Å². The third-order valence-corrected chi connectivity index (χ3v) is 4.79. The van der Waals surface area contributed by atoms with E-state index < -0.39 is 27.2 Å². The van der Waals surface area contributed by atoms with Gasteiger partial charge in [-0.05, 0) is 6.42 Å². The number of rotatable bonds is 16. The van der Waals surface area contributed by atoms with Crippen molar-refractivity contribution < 1.29 is 19.4 Å². The standard InChI is InChI=1S/C21H32N2O6/c1-2-3-4-5-6-7-8-9-10-11-12-13-14-29-21(24)18-15-19(22(25)26)17-20(16-18)23(27)28/h15-17H,2-14H2,1H3. The summed E-state index contributed by atoms with van der Waals surface area (Å²) in [5.41, 5.74) is -1.18. The monoisotopic (exact) mass is 408 g/mol. The van der Waals surface area contributed by atoms with E-state index in [1.807, 2.05) is 0 Å². The highest BCUT2D eigenvalue weighted by Crippen LogP contribution is 2.23. The lowest BCUT2D eigenvalue weighted by Gasteiger charge is -2.05. The van der Waals surface area contributed by atoms with Gasteiger partial charge in [-0.25, -0.2) is 4.79 Å². The quantitative estimate of drug-likeness (QED) is 0.136. The second-order valence-electron chi connectivity index (χ2n) is 7.28. The van der Waals surface area contributed by atoms with E-state index >= 15 is 0 Å². The van der Waals surface area contributed by atoms with Gasteiger partial charge >= 0.3 is 5.97 Å². The van der Waals surface area contributed by atoms with Crippen LogP contribution in [0.3, 0.4) is 0 Å². The van der Waals surface area contributed by atoms with Crippen LogP contribution in [0, 0.1) is 20.2 Å². The van der Waals surface area contributed by atoms with E-state index in [9.17, 15) is 25.0 Å². The van der Waals surface area contributed by atoms with Crippen LogP contribution in [0.1, 0.15) is 94.3 Å². The Morgan fingerprint density at radius 3 is 1.59 bits per heavy atom. The fourth-order valence-corrected chi connectivity index (χ4v) is 3.12. The van der Waals surface area contributed by atoms with Gasteiger partial charge < -0.3 is 4.74 Å². The normalized spacial score (nSPS) is 10.7. The van der Waals surface area contributed by atoms with Gasteiger partial charge in [-0.2, -0.15) is 0 Å². The van der Waals surface area contributed by atoms with Gasteiger partial charge in [0.15, 0.2) is 0 Å². The Bertz CT molecular complexity index is 630. The molecule has 0 fully saturated rings. The van der Waals surface area contributed by atoms with Gasteiger partial charge in [0.05, 0.1) is 28.1 Å². The molecule has 0 aromatic heterocycles. The molecular weight excluding hydrogens is 376 g/mol. The molecule has 0 aliphatic rings. The van der Waals surface area contributed by atoms with E-state index in [1.54, 1.807) is 0 Å². The summed E-state index contributed by atoms with van der Waals surface area (Å²) in [6, 6.07) is 2.82. The average molecular weight is 408 g/mol. The summed E-state index contributed by atoms with van der Waals surface area (Å²) in [5.74, 6) is -0.778. The summed E-state index contributed by atoms with van der Waals surface area (Å²) in [5, 5.41) is 21.7. The van der Waals surface area contributed by atoms with E-state index in [0.717, 1.165) is 31.0 Å². The maximum Gasteiger partial charge on any atom is 0.338 e. The fourth-order valence-electron chi connectivity index (χ4n) is 3.12. The summed E-state index contributed by atoms with van der Waals surface area (Å²) in [6.45, 7) is 2.42. The predicted octanol–water partition coefficient (Wildman–Crippen LogP) is 6.36. The number of benzene rings is 1. The van der Waals surface area contributed by atoms with Crippen molar-refractivity contribution >= 4 is 17.3 Å². The Hall–Kier alpha value is -2.51. The molecule has 8 heteroatoms. The topological polar surface area (TPSA) is 113 Å². The molecule has 0 heterocycles. The van der Waals surface area contributed by atoms with Gasteiger partial charge in [-0.15, -0.1) is 0 Å². The first-order valence-electron chi connectivity index (χ1n) is 10.6. The first-order chi connectivity index (χ1) is 14.0.